The fraction of sp³-hybridized carbons (Fsp3) is 0.0556. The van der Waals surface area contributed by atoms with Gasteiger partial charge in [0.1, 0.15) is 11.0 Å². The van der Waals surface area contributed by atoms with Crippen LogP contribution in [0.2, 0.25) is 0 Å². The zero-order chi connectivity index (χ0) is 24.3. The molecule has 0 spiro atoms. The highest BCUT2D eigenvalue weighted by Crippen LogP contribution is 2.37. The van der Waals surface area contributed by atoms with Crippen LogP contribution in [0.5, 0.6) is 0 Å². The number of hydrogen-bond acceptors (Lipinski definition) is 1. The van der Waals surface area contributed by atoms with Crippen LogP contribution in [0.4, 0.5) is 0 Å². The van der Waals surface area contributed by atoms with Gasteiger partial charge in [-0.05, 0) is 74.0 Å². The zero-order valence-corrected chi connectivity index (χ0v) is 20.4. The number of fused-ring (bicyclic) bond motifs is 9. The lowest BCUT2D eigenvalue weighted by molar-refractivity contribution is 0.568. The van der Waals surface area contributed by atoms with Crippen LogP contribution in [0.15, 0.2) is 120 Å². The summed E-state index contributed by atoms with van der Waals surface area (Å²) in [5, 5.41) is 10.3. The van der Waals surface area contributed by atoms with E-state index in [4.69, 9.17) is 4.42 Å². The first-order chi connectivity index (χ1) is 18.3. The van der Waals surface area contributed by atoms with Crippen LogP contribution in [0.3, 0.4) is 0 Å². The molecule has 174 valence electrons. The van der Waals surface area contributed by atoms with Crippen molar-refractivity contribution in [2.24, 2.45) is 0 Å². The topological polar surface area (TPSA) is 13.1 Å². The Kier molecular flexibility index (Phi) is 4.41. The standard InChI is InChI=1S/C36H24O/c1-2-10-29-27(8-1)28-9-3-4-11-30(28)34-22-25(20-21-31(29)34)23-16-18-24(19-17-23)26-13-7-14-33-32-12-5-6-15-35(32)37-36(26)33/h1-6,8-12,14-22H,7,13H2. The molecule has 0 fully saturated rings. The van der Waals surface area contributed by atoms with E-state index >= 15 is 0 Å². The average Bonchev–Trinajstić information content (AvgIpc) is 3.36. The van der Waals surface area contributed by atoms with Gasteiger partial charge in [0.05, 0.1) is 0 Å². The molecule has 1 aliphatic carbocycles. The summed E-state index contributed by atoms with van der Waals surface area (Å²) >= 11 is 0. The molecule has 0 saturated carbocycles. The molecule has 0 saturated heterocycles. The molecular weight excluding hydrogens is 448 g/mol. The molecule has 0 radical (unpaired) electrons. The molecule has 1 nitrogen and oxygen atoms in total. The van der Waals surface area contributed by atoms with Gasteiger partial charge in [-0.15, -0.1) is 0 Å². The van der Waals surface area contributed by atoms with Gasteiger partial charge in [0, 0.05) is 16.2 Å². The summed E-state index contributed by atoms with van der Waals surface area (Å²) in [7, 11) is 0. The molecule has 0 unspecified atom stereocenters. The summed E-state index contributed by atoms with van der Waals surface area (Å²) in [4.78, 5) is 0. The van der Waals surface area contributed by atoms with Crippen LogP contribution in [0.25, 0.3) is 66.1 Å². The number of para-hydroxylation sites is 1. The predicted octanol–water partition coefficient (Wildman–Crippen LogP) is 8.33. The fourth-order valence-corrected chi connectivity index (χ4v) is 6.19. The van der Waals surface area contributed by atoms with E-state index in [1.807, 2.05) is 6.07 Å². The smallest absolute Gasteiger partial charge is 0.138 e. The first kappa shape index (κ1) is 20.6. The van der Waals surface area contributed by atoms with E-state index in [-0.39, 0.29) is 0 Å². The second-order valence-electron chi connectivity index (χ2n) is 9.99. The third-order valence-corrected chi connectivity index (χ3v) is 7.96. The van der Waals surface area contributed by atoms with E-state index in [0.29, 0.717) is 0 Å². The van der Waals surface area contributed by atoms with E-state index in [1.165, 1.54) is 65.2 Å². The van der Waals surface area contributed by atoms with Gasteiger partial charge >= 0.3 is 0 Å². The molecule has 0 aliphatic heterocycles. The molecule has 8 rings (SSSR count). The van der Waals surface area contributed by atoms with Gasteiger partial charge in [0.2, 0.25) is 0 Å². The first-order valence-electron chi connectivity index (χ1n) is 13.0. The quantitative estimate of drug-likeness (QED) is 0.231. The Morgan fingerprint density at radius 1 is 0.459 bits per heavy atom. The maximum atomic E-state index is 6.33. The Morgan fingerprint density at radius 2 is 1.00 bits per heavy atom. The highest BCUT2D eigenvalue weighted by Gasteiger charge is 2.14. The number of hydrogen-bond donors (Lipinski definition) is 0. The Morgan fingerprint density at radius 3 is 1.70 bits per heavy atom. The van der Waals surface area contributed by atoms with Crippen molar-refractivity contribution in [2.75, 3.05) is 0 Å². The van der Waals surface area contributed by atoms with Gasteiger partial charge in [-0.25, -0.2) is 0 Å². The van der Waals surface area contributed by atoms with E-state index in [2.05, 4.69) is 115 Å². The summed E-state index contributed by atoms with van der Waals surface area (Å²) in [6.45, 7) is 0. The van der Waals surface area contributed by atoms with Crippen LogP contribution in [0, 0.1) is 0 Å². The fourth-order valence-electron chi connectivity index (χ4n) is 6.19. The molecule has 0 N–H and O–H groups in total. The van der Waals surface area contributed by atoms with E-state index in [9.17, 15) is 0 Å². The predicted molar refractivity (Wildman–Crippen MR) is 156 cm³/mol. The van der Waals surface area contributed by atoms with Crippen molar-refractivity contribution in [1.82, 2.24) is 0 Å². The van der Waals surface area contributed by atoms with Crippen molar-refractivity contribution in [3.05, 3.63) is 131 Å². The summed E-state index contributed by atoms with van der Waals surface area (Å²) in [5.74, 6) is 0. The molecule has 6 aromatic carbocycles. The van der Waals surface area contributed by atoms with Crippen molar-refractivity contribution < 1.29 is 4.42 Å². The monoisotopic (exact) mass is 472 g/mol. The van der Waals surface area contributed by atoms with Crippen molar-refractivity contribution in [2.45, 2.75) is 12.8 Å². The van der Waals surface area contributed by atoms with Crippen LogP contribution in [-0.2, 0) is 0 Å². The van der Waals surface area contributed by atoms with Crippen LogP contribution < -0.4 is 10.6 Å². The SMILES string of the molecule is C1=c2c(oc3ccccc23)=C(c2ccc(-c3ccc4c5ccccc5c5ccccc5c4c3)cc2)CC1. The Bertz CT molecular complexity index is 2090. The lowest BCUT2D eigenvalue weighted by atomic mass is 9.91. The van der Waals surface area contributed by atoms with Crippen molar-refractivity contribution >= 4 is 54.9 Å². The van der Waals surface area contributed by atoms with Gasteiger partial charge in [0.15, 0.2) is 0 Å². The molecule has 0 amide bonds. The molecule has 1 heterocycles. The summed E-state index contributed by atoms with van der Waals surface area (Å²) < 4.78 is 6.33. The molecule has 1 aromatic heterocycles. The number of furan rings is 1. The third kappa shape index (κ3) is 3.11. The number of rotatable bonds is 2. The van der Waals surface area contributed by atoms with Gasteiger partial charge in [-0.1, -0.05) is 109 Å². The van der Waals surface area contributed by atoms with Crippen molar-refractivity contribution in [3.63, 3.8) is 0 Å². The highest BCUT2D eigenvalue weighted by atomic mass is 16.3. The lowest BCUT2D eigenvalue weighted by Gasteiger charge is -2.13. The van der Waals surface area contributed by atoms with E-state index in [0.717, 1.165) is 23.8 Å². The first-order valence-corrected chi connectivity index (χ1v) is 13.0. The second-order valence-corrected chi connectivity index (χ2v) is 9.99. The summed E-state index contributed by atoms with van der Waals surface area (Å²) in [6.07, 6.45) is 4.36. The summed E-state index contributed by atoms with van der Waals surface area (Å²) in [5.41, 5.74) is 7.02. The third-order valence-electron chi connectivity index (χ3n) is 7.96. The molecular formula is C36H24O. The lowest BCUT2D eigenvalue weighted by Crippen LogP contribution is -2.26. The minimum Gasteiger partial charge on any atom is -0.456 e. The van der Waals surface area contributed by atoms with E-state index in [1.54, 1.807) is 0 Å². The molecule has 37 heavy (non-hydrogen) atoms. The van der Waals surface area contributed by atoms with Gasteiger partial charge in [-0.2, -0.15) is 0 Å². The van der Waals surface area contributed by atoms with Crippen LogP contribution >= 0.6 is 0 Å². The van der Waals surface area contributed by atoms with Gasteiger partial charge in [0.25, 0.3) is 0 Å². The molecule has 0 bridgehead atoms. The largest absolute Gasteiger partial charge is 0.456 e. The number of benzene rings is 6. The maximum absolute atomic E-state index is 6.33. The Balaban J connectivity index is 1.28. The van der Waals surface area contributed by atoms with Crippen molar-refractivity contribution in [3.8, 4) is 11.1 Å². The Labute approximate surface area is 214 Å². The van der Waals surface area contributed by atoms with Gasteiger partial charge < -0.3 is 4.42 Å². The molecule has 0 atom stereocenters. The normalized spacial score (nSPS) is 13.4. The molecule has 1 heteroatoms. The maximum Gasteiger partial charge on any atom is 0.138 e. The summed E-state index contributed by atoms with van der Waals surface area (Å²) in [6, 6.07) is 41.8. The second kappa shape index (κ2) is 7.94. The van der Waals surface area contributed by atoms with Crippen LogP contribution in [0.1, 0.15) is 18.4 Å². The van der Waals surface area contributed by atoms with E-state index < -0.39 is 0 Å². The zero-order valence-electron chi connectivity index (χ0n) is 20.4. The molecule has 1 aliphatic rings. The van der Waals surface area contributed by atoms with Gasteiger partial charge in [-0.3, -0.25) is 0 Å². The minimum absolute atomic E-state index is 0.968. The minimum atomic E-state index is 0.968. The van der Waals surface area contributed by atoms with Crippen molar-refractivity contribution in [1.29, 1.82) is 0 Å². The highest BCUT2D eigenvalue weighted by molar-refractivity contribution is 6.25. The molecule has 7 aromatic rings. The Hall–Kier alpha value is -4.62. The van der Waals surface area contributed by atoms with Crippen LogP contribution in [-0.4, -0.2) is 0 Å². The average molecular weight is 473 g/mol.